The summed E-state index contributed by atoms with van der Waals surface area (Å²) in [5.74, 6) is 0.143. The molecule has 1 heterocycles. The molecule has 164 valence electrons. The van der Waals surface area contributed by atoms with Gasteiger partial charge in [-0.1, -0.05) is 19.4 Å². The Hall–Kier alpha value is -2.71. The maximum absolute atomic E-state index is 12.9. The summed E-state index contributed by atoms with van der Waals surface area (Å²) in [4.78, 5) is -2.15. The van der Waals surface area contributed by atoms with Crippen molar-refractivity contribution in [2.24, 2.45) is 0 Å². The van der Waals surface area contributed by atoms with Gasteiger partial charge in [-0.05, 0) is 49.5 Å². The zero-order chi connectivity index (χ0) is 22.4. The lowest BCUT2D eigenvalue weighted by atomic mass is 10.1. The largest absolute Gasteiger partial charge is 0.421 e. The summed E-state index contributed by atoms with van der Waals surface area (Å²) in [6.07, 6.45) is 0. The number of aryl methyl sites for hydroxylation is 1. The van der Waals surface area contributed by atoms with Gasteiger partial charge in [-0.3, -0.25) is 0 Å². The maximum Gasteiger partial charge on any atom is 0.310 e. The van der Waals surface area contributed by atoms with Crippen molar-refractivity contribution in [3.05, 3.63) is 48.4 Å². The van der Waals surface area contributed by atoms with E-state index in [2.05, 4.69) is 20.2 Å². The molecule has 0 aliphatic carbocycles. The minimum atomic E-state index is -9.79. The van der Waals surface area contributed by atoms with Gasteiger partial charge in [0.05, 0.1) is 16.1 Å². The Morgan fingerprint density at radius 2 is 1.60 bits per heavy atom. The van der Waals surface area contributed by atoms with Gasteiger partial charge in [0.25, 0.3) is 0 Å². The molecular formula is C16H15F5N4O3S2. The predicted molar refractivity (Wildman–Crippen MR) is 102 cm³/mol. The van der Waals surface area contributed by atoms with Crippen molar-refractivity contribution >= 4 is 31.6 Å². The molecule has 30 heavy (non-hydrogen) atoms. The normalized spacial score (nSPS) is 14.8. The number of anilines is 2. The second kappa shape index (κ2) is 6.39. The van der Waals surface area contributed by atoms with Crippen LogP contribution in [0.3, 0.4) is 0 Å². The molecule has 0 spiro atoms. The van der Waals surface area contributed by atoms with Crippen LogP contribution in [-0.4, -0.2) is 25.7 Å². The van der Waals surface area contributed by atoms with Gasteiger partial charge in [0, 0.05) is 12.6 Å². The van der Waals surface area contributed by atoms with E-state index in [0.29, 0.717) is 0 Å². The highest BCUT2D eigenvalue weighted by atomic mass is 32.5. The van der Waals surface area contributed by atoms with E-state index < -0.39 is 25.1 Å². The van der Waals surface area contributed by atoms with Crippen LogP contribution in [0.5, 0.6) is 0 Å². The molecule has 14 heteroatoms. The van der Waals surface area contributed by atoms with Crippen LogP contribution >= 0.6 is 10.2 Å². The highest BCUT2D eigenvalue weighted by Crippen LogP contribution is 3.02. The molecule has 2 N–H and O–H groups in total. The first-order chi connectivity index (χ1) is 13.6. The summed E-state index contributed by atoms with van der Waals surface area (Å²) in [7, 11) is -12.4. The Labute approximate surface area is 168 Å². The third-order valence-electron chi connectivity index (χ3n) is 3.91. The van der Waals surface area contributed by atoms with E-state index in [9.17, 15) is 27.8 Å². The average molecular weight is 470 g/mol. The summed E-state index contributed by atoms with van der Waals surface area (Å²) in [6.45, 7) is 1.51. The molecule has 7 nitrogen and oxygen atoms in total. The Morgan fingerprint density at radius 1 is 0.967 bits per heavy atom. The van der Waals surface area contributed by atoms with Crippen LogP contribution in [0, 0.1) is 6.92 Å². The molecule has 0 bridgehead atoms. The van der Waals surface area contributed by atoms with Crippen LogP contribution in [0.15, 0.2) is 56.7 Å². The summed E-state index contributed by atoms with van der Waals surface area (Å²) in [6, 6.07) is 5.98. The molecule has 0 fully saturated rings. The van der Waals surface area contributed by atoms with E-state index in [1.54, 1.807) is 0 Å². The molecule has 0 saturated heterocycles. The Morgan fingerprint density at radius 3 is 2.10 bits per heavy atom. The van der Waals surface area contributed by atoms with Crippen LogP contribution < -0.4 is 10.0 Å². The van der Waals surface area contributed by atoms with Gasteiger partial charge >= 0.3 is 10.2 Å². The topological polar surface area (TPSA) is 97.1 Å². The zero-order valence-electron chi connectivity index (χ0n) is 15.4. The lowest BCUT2D eigenvalue weighted by Crippen LogP contribution is -2.18. The van der Waals surface area contributed by atoms with Crippen LogP contribution in [0.25, 0.3) is 11.5 Å². The third-order valence-corrected chi connectivity index (χ3v) is 6.48. The first kappa shape index (κ1) is 22.0. The third kappa shape index (κ3) is 4.71. The van der Waals surface area contributed by atoms with Crippen molar-refractivity contribution in [3.8, 4) is 11.5 Å². The lowest BCUT2D eigenvalue weighted by Gasteiger charge is -2.40. The van der Waals surface area contributed by atoms with Crippen molar-refractivity contribution in [3.63, 3.8) is 0 Å². The SMILES string of the molecule is CNS(=O)(=O)c1ccc(Nc2ccc(S(F)(F)(F)(F)F)cc2)c(-c2nnc(C)o2)c1. The van der Waals surface area contributed by atoms with Gasteiger partial charge in [-0.25, -0.2) is 13.1 Å². The molecule has 0 atom stereocenters. The van der Waals surface area contributed by atoms with Gasteiger partial charge in [-0.15, -0.1) is 10.2 Å². The molecule has 0 radical (unpaired) electrons. The number of nitrogens with one attached hydrogen (secondary N) is 2. The number of benzene rings is 2. The van der Waals surface area contributed by atoms with Crippen LogP contribution in [0.1, 0.15) is 5.89 Å². The summed E-state index contributed by atoms with van der Waals surface area (Å²) in [5.41, 5.74) is 0.389. The Kier molecular flexibility index (Phi) is 4.68. The number of hydrogen-bond donors (Lipinski definition) is 2. The van der Waals surface area contributed by atoms with Crippen LogP contribution in [-0.2, 0) is 10.0 Å². The molecule has 0 amide bonds. The fourth-order valence-corrected chi connectivity index (χ4v) is 3.86. The minimum absolute atomic E-state index is 0.0438. The molecule has 0 aliphatic heterocycles. The highest BCUT2D eigenvalue weighted by molar-refractivity contribution is 8.45. The zero-order valence-corrected chi connectivity index (χ0v) is 17.0. The average Bonchev–Trinajstić information content (AvgIpc) is 3.06. The van der Waals surface area contributed by atoms with Crippen LogP contribution in [0.2, 0.25) is 0 Å². The fourth-order valence-electron chi connectivity index (χ4n) is 2.45. The van der Waals surface area contributed by atoms with Gasteiger partial charge in [-0.2, -0.15) is 0 Å². The number of aromatic nitrogens is 2. The standard InChI is InChI=1S/C16H15F5N4O3S2/c1-10-24-25-16(28-10)14-9-12(29(26,27)22-2)5-8-15(14)23-11-3-6-13(7-4-11)30(17,18,19,20)21/h3-9,22-23H,1-2H3. The number of nitrogens with zero attached hydrogens (tertiary/aromatic N) is 2. The summed E-state index contributed by atoms with van der Waals surface area (Å²) in [5, 5.41) is 10.2. The minimum Gasteiger partial charge on any atom is -0.421 e. The van der Waals surface area contributed by atoms with Crippen LogP contribution in [0.4, 0.5) is 30.8 Å². The highest BCUT2D eigenvalue weighted by Gasteiger charge is 2.65. The van der Waals surface area contributed by atoms with Gasteiger partial charge in [0.2, 0.25) is 21.8 Å². The summed E-state index contributed by atoms with van der Waals surface area (Å²) >= 11 is 0. The number of hydrogen-bond acceptors (Lipinski definition) is 6. The fraction of sp³-hybridized carbons (Fsp3) is 0.125. The quantitative estimate of drug-likeness (QED) is 0.471. The molecule has 0 saturated carbocycles. The molecule has 2 aromatic carbocycles. The molecule has 3 rings (SSSR count). The number of halogens is 5. The second-order valence-electron chi connectivity index (χ2n) is 6.16. The summed E-state index contributed by atoms with van der Waals surface area (Å²) < 4.78 is 96.0. The predicted octanol–water partition coefficient (Wildman–Crippen LogP) is 5.35. The van der Waals surface area contributed by atoms with Gasteiger partial charge in [0.15, 0.2) is 0 Å². The van der Waals surface area contributed by atoms with E-state index in [0.717, 1.165) is 12.1 Å². The smallest absolute Gasteiger partial charge is 0.310 e. The van der Waals surface area contributed by atoms with Crippen molar-refractivity contribution in [1.29, 1.82) is 0 Å². The Bertz CT molecular complexity index is 1210. The van der Waals surface area contributed by atoms with Crippen molar-refractivity contribution < 1.29 is 32.3 Å². The first-order valence-corrected chi connectivity index (χ1v) is 11.5. The van der Waals surface area contributed by atoms with E-state index >= 15 is 0 Å². The Balaban J connectivity index is 2.04. The first-order valence-electron chi connectivity index (χ1n) is 8.08. The van der Waals surface area contributed by atoms with E-state index in [1.807, 2.05) is 0 Å². The van der Waals surface area contributed by atoms with Crippen molar-refractivity contribution in [2.75, 3.05) is 12.4 Å². The molecule has 0 unspecified atom stereocenters. The number of rotatable bonds is 6. The van der Waals surface area contributed by atoms with Crippen molar-refractivity contribution in [1.82, 2.24) is 14.9 Å². The monoisotopic (exact) mass is 470 g/mol. The van der Waals surface area contributed by atoms with E-state index in [-0.39, 0.29) is 45.7 Å². The molecule has 3 aromatic rings. The number of sulfonamides is 1. The molecule has 1 aromatic heterocycles. The lowest BCUT2D eigenvalue weighted by molar-refractivity contribution is 0.364. The van der Waals surface area contributed by atoms with Gasteiger partial charge < -0.3 is 9.73 Å². The second-order valence-corrected chi connectivity index (χ2v) is 10.5. The molecular weight excluding hydrogens is 455 g/mol. The van der Waals surface area contributed by atoms with E-state index in [4.69, 9.17) is 4.42 Å². The van der Waals surface area contributed by atoms with Crippen molar-refractivity contribution in [2.45, 2.75) is 16.7 Å². The molecule has 0 aliphatic rings. The maximum atomic E-state index is 12.9. The van der Waals surface area contributed by atoms with E-state index in [1.165, 1.54) is 32.2 Å². The van der Waals surface area contributed by atoms with Gasteiger partial charge in [0.1, 0.15) is 4.90 Å².